The number of halogens is 3. The maximum absolute atomic E-state index is 13.3. The third kappa shape index (κ3) is 3.14. The summed E-state index contributed by atoms with van der Waals surface area (Å²) in [5.74, 6) is -2.84. The second kappa shape index (κ2) is 6.00. The number of hydrogen-bond donors (Lipinski definition) is 2. The average molecular weight is 341 g/mol. The molecule has 0 fully saturated rings. The number of rotatable bonds is 3. The van der Waals surface area contributed by atoms with E-state index in [0.717, 1.165) is 22.2 Å². The lowest BCUT2D eigenvalue weighted by atomic mass is 10.1. The van der Waals surface area contributed by atoms with Gasteiger partial charge in [0, 0.05) is 11.0 Å². The topological polar surface area (TPSA) is 55.1 Å². The van der Waals surface area contributed by atoms with Crippen molar-refractivity contribution in [3.8, 4) is 0 Å². The summed E-state index contributed by atoms with van der Waals surface area (Å²) >= 11 is 3.31. The van der Waals surface area contributed by atoms with Gasteiger partial charge in [0.2, 0.25) is 0 Å². The molecule has 6 heteroatoms. The lowest BCUT2D eigenvalue weighted by molar-refractivity contribution is 0.0951. The maximum atomic E-state index is 13.3. The summed E-state index contributed by atoms with van der Waals surface area (Å²) in [6, 6.07) is 9.38. The Morgan fingerprint density at radius 1 is 1.15 bits per heavy atom. The van der Waals surface area contributed by atoms with Gasteiger partial charge in [0.25, 0.3) is 5.91 Å². The number of carbonyl (C=O) groups excluding carboxylic acids is 1. The summed E-state index contributed by atoms with van der Waals surface area (Å²) < 4.78 is 27.1. The van der Waals surface area contributed by atoms with Gasteiger partial charge in [-0.1, -0.05) is 28.1 Å². The van der Waals surface area contributed by atoms with Crippen LogP contribution in [0.15, 0.2) is 40.9 Å². The van der Waals surface area contributed by atoms with Gasteiger partial charge in [-0.25, -0.2) is 8.78 Å². The molecule has 3 N–H and O–H groups in total. The van der Waals surface area contributed by atoms with E-state index in [1.165, 1.54) is 0 Å². The molecule has 0 heterocycles. The van der Waals surface area contributed by atoms with E-state index in [-0.39, 0.29) is 12.1 Å². The second-order valence-electron chi connectivity index (χ2n) is 4.13. The van der Waals surface area contributed by atoms with E-state index in [1.54, 1.807) is 0 Å². The first-order valence-corrected chi connectivity index (χ1v) is 6.54. The Balaban J connectivity index is 2.09. The first-order chi connectivity index (χ1) is 9.49. The Bertz CT molecular complexity index is 644. The molecule has 0 radical (unpaired) electrons. The third-order valence-electron chi connectivity index (χ3n) is 2.74. The van der Waals surface area contributed by atoms with Crippen molar-refractivity contribution in [2.45, 2.75) is 6.54 Å². The molecule has 1 amide bonds. The lowest BCUT2D eigenvalue weighted by Gasteiger charge is -2.08. The molecule has 2 aromatic carbocycles. The van der Waals surface area contributed by atoms with Gasteiger partial charge in [-0.05, 0) is 29.8 Å². The summed E-state index contributed by atoms with van der Waals surface area (Å²) in [4.78, 5) is 11.9. The van der Waals surface area contributed by atoms with Crippen LogP contribution in [0.3, 0.4) is 0 Å². The van der Waals surface area contributed by atoms with Crippen molar-refractivity contribution in [3.05, 3.63) is 63.6 Å². The van der Waals surface area contributed by atoms with Crippen LogP contribution in [0.1, 0.15) is 15.9 Å². The van der Waals surface area contributed by atoms with Gasteiger partial charge in [-0.15, -0.1) is 0 Å². The summed E-state index contributed by atoms with van der Waals surface area (Å²) in [7, 11) is 0. The highest BCUT2D eigenvalue weighted by Gasteiger charge is 2.15. The van der Waals surface area contributed by atoms with E-state index < -0.39 is 23.2 Å². The molecule has 0 atom stereocenters. The molecule has 0 aliphatic heterocycles. The molecule has 2 aromatic rings. The zero-order valence-corrected chi connectivity index (χ0v) is 11.9. The van der Waals surface area contributed by atoms with Crippen molar-refractivity contribution in [2.75, 3.05) is 5.73 Å². The Hall–Kier alpha value is -1.95. The van der Waals surface area contributed by atoms with E-state index in [2.05, 4.69) is 21.2 Å². The molecule has 104 valence electrons. The standard InChI is InChI=1S/C14H11BrF2N2O/c15-9-3-1-8(2-4-9)7-19-14(20)10-5-6-11(16)12(17)13(10)18/h1-6H,7,18H2,(H,19,20). The molecule has 0 bridgehead atoms. The largest absolute Gasteiger partial charge is 0.396 e. The quantitative estimate of drug-likeness (QED) is 0.842. The highest BCUT2D eigenvalue weighted by Crippen LogP contribution is 2.19. The molecule has 0 saturated heterocycles. The highest BCUT2D eigenvalue weighted by molar-refractivity contribution is 9.10. The molecule has 0 spiro atoms. The average Bonchev–Trinajstić information content (AvgIpc) is 2.44. The number of nitrogen functional groups attached to an aromatic ring is 1. The van der Waals surface area contributed by atoms with E-state index >= 15 is 0 Å². The van der Waals surface area contributed by atoms with Gasteiger partial charge in [0.1, 0.15) is 0 Å². The number of hydrogen-bond acceptors (Lipinski definition) is 2. The van der Waals surface area contributed by atoms with E-state index in [1.807, 2.05) is 24.3 Å². The number of benzene rings is 2. The fourth-order valence-corrected chi connectivity index (χ4v) is 1.91. The molecule has 3 nitrogen and oxygen atoms in total. The summed E-state index contributed by atoms with van der Waals surface area (Å²) in [6.07, 6.45) is 0. The predicted molar refractivity (Wildman–Crippen MR) is 76.1 cm³/mol. The fraction of sp³-hybridized carbons (Fsp3) is 0.0714. The smallest absolute Gasteiger partial charge is 0.253 e. The summed E-state index contributed by atoms with van der Waals surface area (Å²) in [5.41, 5.74) is 5.70. The van der Waals surface area contributed by atoms with Crippen LogP contribution in [0.4, 0.5) is 14.5 Å². The van der Waals surface area contributed by atoms with E-state index in [0.29, 0.717) is 0 Å². The van der Waals surface area contributed by atoms with Crippen molar-refractivity contribution >= 4 is 27.5 Å². The van der Waals surface area contributed by atoms with Crippen molar-refractivity contribution in [1.82, 2.24) is 5.32 Å². The lowest BCUT2D eigenvalue weighted by Crippen LogP contribution is -2.24. The minimum absolute atomic E-state index is 0.0824. The molecule has 0 unspecified atom stereocenters. The minimum atomic E-state index is -1.21. The Kier molecular flexibility index (Phi) is 4.34. The predicted octanol–water partition coefficient (Wildman–Crippen LogP) is 3.24. The van der Waals surface area contributed by atoms with Crippen LogP contribution in [-0.4, -0.2) is 5.91 Å². The Morgan fingerprint density at radius 2 is 1.80 bits per heavy atom. The van der Waals surface area contributed by atoms with Gasteiger partial charge in [-0.2, -0.15) is 0 Å². The van der Waals surface area contributed by atoms with E-state index in [4.69, 9.17) is 5.73 Å². The van der Waals surface area contributed by atoms with Gasteiger partial charge in [-0.3, -0.25) is 4.79 Å². The Morgan fingerprint density at radius 3 is 2.45 bits per heavy atom. The van der Waals surface area contributed by atoms with Crippen molar-refractivity contribution < 1.29 is 13.6 Å². The van der Waals surface area contributed by atoms with Gasteiger partial charge < -0.3 is 11.1 Å². The van der Waals surface area contributed by atoms with Crippen molar-refractivity contribution in [3.63, 3.8) is 0 Å². The molecule has 0 saturated carbocycles. The van der Waals surface area contributed by atoms with E-state index in [9.17, 15) is 13.6 Å². The van der Waals surface area contributed by atoms with Gasteiger partial charge in [0.05, 0.1) is 11.3 Å². The monoisotopic (exact) mass is 340 g/mol. The molecular formula is C14H11BrF2N2O. The van der Waals surface area contributed by atoms with Crippen LogP contribution in [0.2, 0.25) is 0 Å². The molecular weight excluding hydrogens is 330 g/mol. The summed E-state index contributed by atoms with van der Waals surface area (Å²) in [5, 5.41) is 2.60. The van der Waals surface area contributed by atoms with Crippen LogP contribution in [-0.2, 0) is 6.54 Å². The second-order valence-corrected chi connectivity index (χ2v) is 5.05. The van der Waals surface area contributed by atoms with Crippen molar-refractivity contribution in [1.29, 1.82) is 0 Å². The highest BCUT2D eigenvalue weighted by atomic mass is 79.9. The number of amides is 1. The van der Waals surface area contributed by atoms with Crippen LogP contribution < -0.4 is 11.1 Å². The zero-order valence-electron chi connectivity index (χ0n) is 10.3. The van der Waals surface area contributed by atoms with Crippen LogP contribution in [0, 0.1) is 11.6 Å². The maximum Gasteiger partial charge on any atom is 0.253 e. The number of anilines is 1. The van der Waals surface area contributed by atoms with Crippen LogP contribution >= 0.6 is 15.9 Å². The SMILES string of the molecule is Nc1c(C(=O)NCc2ccc(Br)cc2)ccc(F)c1F. The molecule has 20 heavy (non-hydrogen) atoms. The molecule has 0 aliphatic rings. The first kappa shape index (κ1) is 14.5. The number of carbonyl (C=O) groups is 1. The van der Waals surface area contributed by atoms with Crippen LogP contribution in [0.5, 0.6) is 0 Å². The molecule has 0 aliphatic carbocycles. The van der Waals surface area contributed by atoms with Crippen LogP contribution in [0.25, 0.3) is 0 Å². The summed E-state index contributed by atoms with van der Waals surface area (Å²) in [6.45, 7) is 0.268. The fourth-order valence-electron chi connectivity index (χ4n) is 1.64. The Labute approximate surface area is 122 Å². The van der Waals surface area contributed by atoms with Gasteiger partial charge >= 0.3 is 0 Å². The zero-order chi connectivity index (χ0) is 14.7. The third-order valence-corrected chi connectivity index (χ3v) is 3.27. The van der Waals surface area contributed by atoms with Crippen molar-refractivity contribution in [2.24, 2.45) is 0 Å². The molecule has 0 aromatic heterocycles. The number of nitrogens with one attached hydrogen (secondary N) is 1. The minimum Gasteiger partial charge on any atom is -0.396 e. The first-order valence-electron chi connectivity index (χ1n) is 5.75. The van der Waals surface area contributed by atoms with Gasteiger partial charge in [0.15, 0.2) is 11.6 Å². The number of nitrogens with two attached hydrogens (primary N) is 1. The molecule has 2 rings (SSSR count). The normalized spacial score (nSPS) is 10.3.